The lowest BCUT2D eigenvalue weighted by molar-refractivity contribution is 0.0232. The number of rotatable bonds is 8. The molecule has 0 fully saturated rings. The summed E-state index contributed by atoms with van der Waals surface area (Å²) in [5, 5.41) is 0. The fourth-order valence-electron chi connectivity index (χ4n) is 4.01. The number of ether oxygens (including phenoxy) is 2. The lowest BCUT2D eigenvalue weighted by Gasteiger charge is -2.28. The first-order valence-corrected chi connectivity index (χ1v) is 11.1. The van der Waals surface area contributed by atoms with E-state index in [0.717, 1.165) is 31.5 Å². The van der Waals surface area contributed by atoms with E-state index >= 15 is 0 Å². The molecule has 0 atom stereocenters. The lowest BCUT2D eigenvalue weighted by atomic mass is 9.98. The number of nitrogens with zero attached hydrogens (tertiary/aromatic N) is 1. The van der Waals surface area contributed by atoms with Crippen molar-refractivity contribution >= 4 is 0 Å². The molecule has 0 bridgehead atoms. The summed E-state index contributed by atoms with van der Waals surface area (Å²) < 4.78 is 16.9. The van der Waals surface area contributed by atoms with Crippen molar-refractivity contribution in [1.82, 2.24) is 4.90 Å². The van der Waals surface area contributed by atoms with Crippen LogP contribution in [0.25, 0.3) is 0 Å². The van der Waals surface area contributed by atoms with Gasteiger partial charge in [0, 0.05) is 32.7 Å². The molecule has 0 unspecified atom stereocenters. The van der Waals surface area contributed by atoms with Crippen molar-refractivity contribution in [3.8, 4) is 5.75 Å². The van der Waals surface area contributed by atoms with Gasteiger partial charge in [-0.05, 0) is 42.5 Å². The second kappa shape index (κ2) is 9.72. The topological polar surface area (TPSA) is 51.9 Å². The van der Waals surface area contributed by atoms with E-state index in [0.29, 0.717) is 18.9 Å². The molecule has 0 aliphatic carbocycles. The number of hydrogen-bond donors (Lipinski definition) is 0. The molecule has 0 spiro atoms. The van der Waals surface area contributed by atoms with Crippen LogP contribution >= 0.6 is 0 Å². The average molecular weight is 434 g/mol. The number of methoxy groups -OCH3 is 1. The highest BCUT2D eigenvalue weighted by Gasteiger charge is 2.18. The predicted octanol–water partition coefficient (Wildman–Crippen LogP) is 4.74. The summed E-state index contributed by atoms with van der Waals surface area (Å²) in [6.45, 7) is 6.89. The molecule has 3 aromatic rings. The van der Waals surface area contributed by atoms with Gasteiger partial charge in [0.2, 0.25) is 11.2 Å². The van der Waals surface area contributed by atoms with Crippen molar-refractivity contribution in [3.05, 3.63) is 99.1 Å². The fourth-order valence-corrected chi connectivity index (χ4v) is 4.01. The maximum Gasteiger partial charge on any atom is 0.227 e. The highest BCUT2D eigenvalue weighted by Crippen LogP contribution is 2.21. The van der Waals surface area contributed by atoms with Crippen LogP contribution in [0.2, 0.25) is 0 Å². The monoisotopic (exact) mass is 433 g/mol. The molecular formula is C27H31NO4. The second-order valence-electron chi connectivity index (χ2n) is 9.05. The molecule has 0 saturated heterocycles. The number of fused-ring (bicyclic) bond motifs is 1. The highest BCUT2D eigenvalue weighted by atomic mass is 16.5. The molecule has 4 rings (SSSR count). The van der Waals surface area contributed by atoms with Gasteiger partial charge < -0.3 is 13.9 Å². The lowest BCUT2D eigenvalue weighted by Crippen LogP contribution is -2.30. The Hall–Kier alpha value is -2.89. The molecule has 32 heavy (non-hydrogen) atoms. The average Bonchev–Trinajstić information content (AvgIpc) is 2.79. The maximum atomic E-state index is 12.5. The van der Waals surface area contributed by atoms with Crippen LogP contribution in [0.1, 0.15) is 41.9 Å². The summed E-state index contributed by atoms with van der Waals surface area (Å²) >= 11 is 0. The summed E-state index contributed by atoms with van der Waals surface area (Å²) in [6.07, 6.45) is 3.28. The summed E-state index contributed by atoms with van der Waals surface area (Å²) in [4.78, 5) is 14.8. The van der Waals surface area contributed by atoms with E-state index in [4.69, 9.17) is 13.9 Å². The van der Waals surface area contributed by atoms with Gasteiger partial charge in [0.25, 0.3) is 0 Å². The molecule has 168 valence electrons. The van der Waals surface area contributed by atoms with E-state index in [9.17, 15) is 4.79 Å². The Morgan fingerprint density at radius 2 is 1.75 bits per heavy atom. The minimum Gasteiger partial charge on any atom is -0.482 e. The van der Waals surface area contributed by atoms with Crippen molar-refractivity contribution in [1.29, 1.82) is 0 Å². The largest absolute Gasteiger partial charge is 0.482 e. The summed E-state index contributed by atoms with van der Waals surface area (Å²) in [5.41, 5.74) is 4.60. The molecule has 5 nitrogen and oxygen atoms in total. The molecule has 2 aromatic carbocycles. The van der Waals surface area contributed by atoms with Crippen molar-refractivity contribution in [2.75, 3.05) is 13.7 Å². The van der Waals surface area contributed by atoms with Crippen LogP contribution in [-0.2, 0) is 37.3 Å². The van der Waals surface area contributed by atoms with Gasteiger partial charge in [0.1, 0.15) is 18.6 Å². The first kappa shape index (κ1) is 22.3. The fraction of sp³-hybridized carbons (Fsp3) is 0.370. The third-order valence-corrected chi connectivity index (χ3v) is 6.04. The maximum absolute atomic E-state index is 12.5. The first-order valence-electron chi connectivity index (χ1n) is 11.1. The standard InChI is InChI=1S/C27H31NO4/c1-27(2,30-3)15-20-8-10-21(11-9-20)18-32-26-19-31-24(14-25(26)29)17-28-13-12-22-6-4-5-7-23(22)16-28/h4-11,14,19H,12-13,15-18H2,1-3H3. The van der Waals surface area contributed by atoms with Crippen molar-refractivity contribution < 1.29 is 13.9 Å². The Morgan fingerprint density at radius 3 is 2.47 bits per heavy atom. The molecule has 1 aliphatic rings. The van der Waals surface area contributed by atoms with E-state index in [1.807, 2.05) is 12.1 Å². The van der Waals surface area contributed by atoms with E-state index in [-0.39, 0.29) is 16.8 Å². The summed E-state index contributed by atoms with van der Waals surface area (Å²) in [7, 11) is 1.73. The zero-order valence-electron chi connectivity index (χ0n) is 19.1. The molecule has 5 heteroatoms. The smallest absolute Gasteiger partial charge is 0.227 e. The quantitative estimate of drug-likeness (QED) is 0.513. The van der Waals surface area contributed by atoms with Crippen molar-refractivity contribution in [2.45, 2.75) is 52.0 Å². The summed E-state index contributed by atoms with van der Waals surface area (Å²) in [6, 6.07) is 18.2. The van der Waals surface area contributed by atoms with Gasteiger partial charge in [0.05, 0.1) is 12.1 Å². The third-order valence-electron chi connectivity index (χ3n) is 6.04. The number of hydrogen-bond acceptors (Lipinski definition) is 5. The van der Waals surface area contributed by atoms with Crippen LogP contribution in [0.3, 0.4) is 0 Å². The van der Waals surface area contributed by atoms with Gasteiger partial charge in [-0.2, -0.15) is 0 Å². The zero-order chi connectivity index (χ0) is 22.6. The minimum absolute atomic E-state index is 0.151. The van der Waals surface area contributed by atoms with Crippen LogP contribution in [-0.4, -0.2) is 24.2 Å². The molecule has 0 radical (unpaired) electrons. The van der Waals surface area contributed by atoms with Crippen molar-refractivity contribution in [3.63, 3.8) is 0 Å². The Bertz CT molecular complexity index is 1100. The van der Waals surface area contributed by atoms with Crippen LogP contribution in [0.5, 0.6) is 5.75 Å². The zero-order valence-corrected chi connectivity index (χ0v) is 19.1. The van der Waals surface area contributed by atoms with Gasteiger partial charge in [-0.15, -0.1) is 0 Å². The van der Waals surface area contributed by atoms with Gasteiger partial charge >= 0.3 is 0 Å². The summed E-state index contributed by atoms with van der Waals surface area (Å²) in [5.74, 6) is 0.897. The van der Waals surface area contributed by atoms with Gasteiger partial charge in [-0.3, -0.25) is 9.69 Å². The van der Waals surface area contributed by atoms with Gasteiger partial charge in [-0.1, -0.05) is 48.5 Å². The van der Waals surface area contributed by atoms with Crippen molar-refractivity contribution in [2.24, 2.45) is 0 Å². The molecule has 1 aromatic heterocycles. The van der Waals surface area contributed by atoms with Crippen LogP contribution in [0.15, 0.2) is 70.1 Å². The Balaban J connectivity index is 1.32. The minimum atomic E-state index is -0.198. The molecule has 2 heterocycles. The van der Waals surface area contributed by atoms with Crippen LogP contribution in [0, 0.1) is 0 Å². The van der Waals surface area contributed by atoms with E-state index < -0.39 is 0 Å². The third kappa shape index (κ3) is 5.67. The SMILES string of the molecule is COC(C)(C)Cc1ccc(COc2coc(CN3CCc4ccccc4C3)cc2=O)cc1. The number of benzene rings is 2. The van der Waals surface area contributed by atoms with Gasteiger partial charge in [0.15, 0.2) is 0 Å². The van der Waals surface area contributed by atoms with Crippen LogP contribution in [0.4, 0.5) is 0 Å². The van der Waals surface area contributed by atoms with E-state index in [1.165, 1.54) is 23.0 Å². The molecule has 0 amide bonds. The molecule has 0 saturated carbocycles. The van der Waals surface area contributed by atoms with E-state index in [1.54, 1.807) is 13.2 Å². The predicted molar refractivity (Wildman–Crippen MR) is 125 cm³/mol. The molecule has 1 aliphatic heterocycles. The Morgan fingerprint density at radius 1 is 1.03 bits per heavy atom. The van der Waals surface area contributed by atoms with E-state index in [2.05, 4.69) is 55.1 Å². The Labute approximate surface area is 189 Å². The van der Waals surface area contributed by atoms with Gasteiger partial charge in [-0.25, -0.2) is 0 Å². The molecular weight excluding hydrogens is 402 g/mol. The van der Waals surface area contributed by atoms with Crippen LogP contribution < -0.4 is 10.2 Å². The highest BCUT2D eigenvalue weighted by molar-refractivity contribution is 5.29. The normalized spacial score (nSPS) is 14.2. The Kier molecular flexibility index (Phi) is 6.77. The second-order valence-corrected chi connectivity index (χ2v) is 9.05. The first-order chi connectivity index (χ1) is 15.4. The molecule has 0 N–H and O–H groups in total.